The van der Waals surface area contributed by atoms with Crippen LogP contribution in [0.15, 0.2) is 22.7 Å². The smallest absolute Gasteiger partial charge is 0.374 e. The summed E-state index contributed by atoms with van der Waals surface area (Å²) in [6, 6.07) is 4.89. The van der Waals surface area contributed by atoms with E-state index in [1.54, 1.807) is 12.1 Å². The Hall–Kier alpha value is -2.01. The highest BCUT2D eigenvalue weighted by atomic mass is 35.5. The molecule has 0 radical (unpaired) electrons. The van der Waals surface area contributed by atoms with Crippen molar-refractivity contribution in [1.82, 2.24) is 5.16 Å². The largest absolute Gasteiger partial charge is 0.495 e. The van der Waals surface area contributed by atoms with Crippen molar-refractivity contribution >= 4 is 17.6 Å². The molecule has 0 aliphatic rings. The number of halogens is 1. The van der Waals surface area contributed by atoms with E-state index in [9.17, 15) is 4.79 Å². The number of nitrogens with zero attached hydrogens (tertiary/aromatic N) is 1. The SMILES string of the molecule is COc1cc(C)cc(-c2cc(C(=O)O)on2)c1Cl. The van der Waals surface area contributed by atoms with Gasteiger partial charge in [-0.2, -0.15) is 0 Å². The van der Waals surface area contributed by atoms with Crippen molar-refractivity contribution in [2.24, 2.45) is 0 Å². The predicted octanol–water partition coefficient (Wildman–Crippen LogP) is 3.01. The number of carboxylic acid groups (broad SMARTS) is 1. The summed E-state index contributed by atoms with van der Waals surface area (Å²) in [5.41, 5.74) is 1.86. The van der Waals surface area contributed by atoms with Crippen LogP contribution in [0.4, 0.5) is 0 Å². The number of carbonyl (C=O) groups is 1. The number of ether oxygens (including phenoxy) is 1. The van der Waals surface area contributed by atoms with Crippen LogP contribution in [0.1, 0.15) is 16.1 Å². The van der Waals surface area contributed by atoms with Gasteiger partial charge in [-0.05, 0) is 24.6 Å². The highest BCUT2D eigenvalue weighted by molar-refractivity contribution is 6.34. The number of carboxylic acids is 1. The second-order valence-electron chi connectivity index (χ2n) is 3.71. The summed E-state index contributed by atoms with van der Waals surface area (Å²) in [7, 11) is 1.51. The van der Waals surface area contributed by atoms with Gasteiger partial charge in [-0.15, -0.1) is 0 Å². The van der Waals surface area contributed by atoms with Gasteiger partial charge in [-0.3, -0.25) is 0 Å². The molecule has 0 aliphatic heterocycles. The number of benzene rings is 1. The molecule has 0 fully saturated rings. The first kappa shape index (κ1) is 12.4. The van der Waals surface area contributed by atoms with E-state index in [1.807, 2.05) is 6.92 Å². The molecule has 1 aromatic heterocycles. The van der Waals surface area contributed by atoms with Gasteiger partial charge in [-0.1, -0.05) is 16.8 Å². The lowest BCUT2D eigenvalue weighted by Gasteiger charge is -2.08. The molecule has 1 aromatic carbocycles. The monoisotopic (exact) mass is 267 g/mol. The summed E-state index contributed by atoms with van der Waals surface area (Å²) >= 11 is 6.15. The molecule has 1 heterocycles. The molecule has 0 atom stereocenters. The highest BCUT2D eigenvalue weighted by Crippen LogP contribution is 2.36. The van der Waals surface area contributed by atoms with Crippen LogP contribution in [0.3, 0.4) is 0 Å². The third-order valence-electron chi connectivity index (χ3n) is 2.40. The summed E-state index contributed by atoms with van der Waals surface area (Å²) in [6.45, 7) is 1.88. The Labute approximate surface area is 108 Å². The molecule has 0 aliphatic carbocycles. The van der Waals surface area contributed by atoms with Crippen molar-refractivity contribution in [3.05, 3.63) is 34.5 Å². The zero-order valence-corrected chi connectivity index (χ0v) is 10.5. The fraction of sp³-hybridized carbons (Fsp3) is 0.167. The molecular weight excluding hydrogens is 258 g/mol. The first-order chi connectivity index (χ1) is 8.52. The standard InChI is InChI=1S/C12H10ClNO4/c1-6-3-7(11(13)9(4-6)17-2)8-5-10(12(15)16)18-14-8/h3-5H,1-2H3,(H,15,16). The van der Waals surface area contributed by atoms with Gasteiger partial charge in [-0.25, -0.2) is 4.79 Å². The molecule has 0 amide bonds. The summed E-state index contributed by atoms with van der Waals surface area (Å²) in [6.07, 6.45) is 0. The van der Waals surface area contributed by atoms with Crippen molar-refractivity contribution in [2.45, 2.75) is 6.92 Å². The van der Waals surface area contributed by atoms with Gasteiger partial charge in [0.1, 0.15) is 11.4 Å². The second-order valence-corrected chi connectivity index (χ2v) is 4.09. The van der Waals surface area contributed by atoms with E-state index in [4.69, 9.17) is 26.0 Å². The van der Waals surface area contributed by atoms with Crippen LogP contribution < -0.4 is 4.74 Å². The van der Waals surface area contributed by atoms with Crippen molar-refractivity contribution in [3.8, 4) is 17.0 Å². The third kappa shape index (κ3) is 2.17. The predicted molar refractivity (Wildman–Crippen MR) is 65.2 cm³/mol. The van der Waals surface area contributed by atoms with Crippen LogP contribution in [0.25, 0.3) is 11.3 Å². The normalized spacial score (nSPS) is 10.4. The van der Waals surface area contributed by atoms with Crippen LogP contribution in [0, 0.1) is 6.92 Å². The number of aromatic nitrogens is 1. The van der Waals surface area contributed by atoms with Crippen LogP contribution in [-0.2, 0) is 0 Å². The maximum absolute atomic E-state index is 10.7. The maximum atomic E-state index is 10.7. The second kappa shape index (κ2) is 4.70. The number of rotatable bonds is 3. The third-order valence-corrected chi connectivity index (χ3v) is 2.79. The zero-order chi connectivity index (χ0) is 13.3. The van der Waals surface area contributed by atoms with Gasteiger partial charge in [0.05, 0.1) is 12.1 Å². The average Bonchev–Trinajstić information content (AvgIpc) is 2.81. The summed E-state index contributed by atoms with van der Waals surface area (Å²) in [5.74, 6) is -0.905. The van der Waals surface area contributed by atoms with Gasteiger partial charge >= 0.3 is 5.97 Å². The molecule has 6 heteroatoms. The fourth-order valence-electron chi connectivity index (χ4n) is 1.57. The molecule has 2 aromatic rings. The van der Waals surface area contributed by atoms with E-state index in [2.05, 4.69) is 5.16 Å². The minimum absolute atomic E-state index is 0.235. The van der Waals surface area contributed by atoms with Crippen molar-refractivity contribution in [2.75, 3.05) is 7.11 Å². The Morgan fingerprint density at radius 1 is 1.44 bits per heavy atom. The number of aromatic carboxylic acids is 1. The van der Waals surface area contributed by atoms with Gasteiger partial charge in [0.25, 0.3) is 0 Å². The van der Waals surface area contributed by atoms with E-state index in [0.717, 1.165) is 5.56 Å². The summed E-state index contributed by atoms with van der Waals surface area (Å²) in [4.78, 5) is 10.7. The van der Waals surface area contributed by atoms with Crippen LogP contribution >= 0.6 is 11.6 Å². The average molecular weight is 268 g/mol. The van der Waals surface area contributed by atoms with Crippen LogP contribution in [-0.4, -0.2) is 23.3 Å². The van der Waals surface area contributed by atoms with Crippen molar-refractivity contribution in [1.29, 1.82) is 0 Å². The summed E-state index contributed by atoms with van der Waals surface area (Å²) in [5, 5.41) is 12.8. The first-order valence-corrected chi connectivity index (χ1v) is 5.45. The molecule has 1 N–H and O–H groups in total. The molecule has 0 bridgehead atoms. The molecule has 5 nitrogen and oxygen atoms in total. The van der Waals surface area contributed by atoms with Crippen LogP contribution in [0.5, 0.6) is 5.75 Å². The van der Waals surface area contributed by atoms with Crippen molar-refractivity contribution in [3.63, 3.8) is 0 Å². The minimum atomic E-state index is -1.18. The van der Waals surface area contributed by atoms with Gasteiger partial charge in [0, 0.05) is 11.6 Å². The van der Waals surface area contributed by atoms with Gasteiger partial charge in [0.15, 0.2) is 0 Å². The van der Waals surface area contributed by atoms with Gasteiger partial charge < -0.3 is 14.4 Å². The van der Waals surface area contributed by atoms with E-state index >= 15 is 0 Å². The molecule has 18 heavy (non-hydrogen) atoms. The number of aryl methyl sites for hydroxylation is 1. The highest BCUT2D eigenvalue weighted by Gasteiger charge is 2.17. The zero-order valence-electron chi connectivity index (χ0n) is 9.73. The Morgan fingerprint density at radius 3 is 2.72 bits per heavy atom. The quantitative estimate of drug-likeness (QED) is 0.925. The van der Waals surface area contributed by atoms with E-state index in [-0.39, 0.29) is 5.76 Å². The molecule has 0 unspecified atom stereocenters. The minimum Gasteiger partial charge on any atom is -0.495 e. The molecule has 0 spiro atoms. The Kier molecular flexibility index (Phi) is 3.25. The Bertz CT molecular complexity index is 606. The lowest BCUT2D eigenvalue weighted by atomic mass is 10.1. The molecule has 0 saturated carbocycles. The maximum Gasteiger partial charge on any atom is 0.374 e. The first-order valence-electron chi connectivity index (χ1n) is 5.07. The Balaban J connectivity index is 2.55. The molecule has 0 saturated heterocycles. The summed E-state index contributed by atoms with van der Waals surface area (Å²) < 4.78 is 9.84. The lowest BCUT2D eigenvalue weighted by Crippen LogP contribution is -1.92. The number of hydrogen-bond donors (Lipinski definition) is 1. The topological polar surface area (TPSA) is 72.6 Å². The molecule has 2 rings (SSSR count). The van der Waals surface area contributed by atoms with Gasteiger partial charge in [0.2, 0.25) is 5.76 Å². The number of methoxy groups -OCH3 is 1. The fourth-order valence-corrected chi connectivity index (χ4v) is 1.86. The molecule has 94 valence electrons. The van der Waals surface area contributed by atoms with E-state index in [0.29, 0.717) is 22.0 Å². The van der Waals surface area contributed by atoms with E-state index < -0.39 is 5.97 Å². The van der Waals surface area contributed by atoms with Crippen molar-refractivity contribution < 1.29 is 19.2 Å². The van der Waals surface area contributed by atoms with E-state index in [1.165, 1.54) is 13.2 Å². The number of hydrogen-bond acceptors (Lipinski definition) is 4. The molecular formula is C12H10ClNO4. The Morgan fingerprint density at radius 2 is 2.17 bits per heavy atom. The lowest BCUT2D eigenvalue weighted by molar-refractivity contribution is 0.0652. The van der Waals surface area contributed by atoms with Crippen LogP contribution in [0.2, 0.25) is 5.02 Å².